The van der Waals surface area contributed by atoms with Crippen LogP contribution >= 0.6 is 0 Å². The van der Waals surface area contributed by atoms with E-state index in [1.807, 2.05) is 13.3 Å². The topological polar surface area (TPSA) is 160 Å². The number of hydrogen-bond acceptors (Lipinski definition) is 9. The summed E-state index contributed by atoms with van der Waals surface area (Å²) in [5.74, 6) is -2.10. The van der Waals surface area contributed by atoms with E-state index >= 15 is 0 Å². The van der Waals surface area contributed by atoms with E-state index in [2.05, 4.69) is 24.7 Å². The van der Waals surface area contributed by atoms with Gasteiger partial charge in [-0.25, -0.2) is 0 Å². The van der Waals surface area contributed by atoms with E-state index in [-0.39, 0.29) is 49.0 Å². The van der Waals surface area contributed by atoms with Gasteiger partial charge in [-0.1, -0.05) is 49.5 Å². The van der Waals surface area contributed by atoms with Crippen LogP contribution in [0.25, 0.3) is 0 Å². The van der Waals surface area contributed by atoms with Crippen LogP contribution in [0.5, 0.6) is 0 Å². The summed E-state index contributed by atoms with van der Waals surface area (Å²) >= 11 is 0. The first kappa shape index (κ1) is 36.6. The molecule has 3 N–H and O–H groups in total. The van der Waals surface area contributed by atoms with E-state index in [1.165, 1.54) is 19.1 Å². The lowest BCUT2D eigenvalue weighted by atomic mass is 9.44. The highest BCUT2D eigenvalue weighted by Gasteiger charge is 2.43. The predicted octanol–water partition coefficient (Wildman–Crippen LogP) is 1.99. The Morgan fingerprint density at radius 2 is 1.83 bits per heavy atom. The van der Waals surface area contributed by atoms with Gasteiger partial charge in [0.2, 0.25) is 5.91 Å². The molecule has 2 radical (unpaired) electrons. The molecule has 1 aliphatic carbocycles. The highest BCUT2D eigenvalue weighted by molar-refractivity contribution is 6.47. The molecule has 13 heteroatoms. The fourth-order valence-corrected chi connectivity index (χ4v) is 6.26. The minimum Gasteiger partial charge on any atom is -0.461 e. The summed E-state index contributed by atoms with van der Waals surface area (Å²) in [5, 5.41) is 23.8. The Morgan fingerprint density at radius 1 is 1.06 bits per heavy atom. The zero-order valence-corrected chi connectivity index (χ0v) is 27.2. The molecule has 11 nitrogen and oxygen atoms in total. The number of aliphatic hydroxyl groups is 2. The molecule has 0 bridgehead atoms. The first-order chi connectivity index (χ1) is 22.6. The van der Waals surface area contributed by atoms with Crippen LogP contribution in [0.15, 0.2) is 30.4 Å². The largest absolute Gasteiger partial charge is 0.461 e. The van der Waals surface area contributed by atoms with Gasteiger partial charge in [0.05, 0.1) is 18.8 Å². The number of ether oxygens (including phenoxy) is 2. The fraction of sp³-hybridized carbons (Fsp3) is 0.618. The number of hydrogen-bond donors (Lipinski definition) is 3. The highest BCUT2D eigenvalue weighted by atomic mass is 16.5. The zero-order valence-electron chi connectivity index (χ0n) is 27.2. The summed E-state index contributed by atoms with van der Waals surface area (Å²) < 4.78 is 10.9. The minimum atomic E-state index is -1.06. The molecule has 1 saturated heterocycles. The number of benzene rings is 1. The Balaban J connectivity index is 1.13. The number of nitrogens with zero attached hydrogens (tertiary/aromatic N) is 1. The molecule has 4 atom stereocenters. The second-order valence-corrected chi connectivity index (χ2v) is 12.7. The fourth-order valence-electron chi connectivity index (χ4n) is 6.26. The number of amides is 3. The molecule has 1 saturated carbocycles. The molecule has 2 aliphatic heterocycles. The summed E-state index contributed by atoms with van der Waals surface area (Å²) in [6.45, 7) is 2.85. The molecule has 1 aromatic rings. The van der Waals surface area contributed by atoms with Crippen molar-refractivity contribution in [2.24, 2.45) is 5.92 Å². The smallest absolute Gasteiger partial charge is 0.302 e. The quantitative estimate of drug-likeness (QED) is 0.0883. The number of ketones is 1. The molecule has 0 spiro atoms. The summed E-state index contributed by atoms with van der Waals surface area (Å²) in [6, 6.07) is 6.19. The number of imide groups is 1. The summed E-state index contributed by atoms with van der Waals surface area (Å²) in [5.41, 5.74) is 3.05. The van der Waals surface area contributed by atoms with Crippen LogP contribution in [0.4, 0.5) is 0 Å². The second kappa shape index (κ2) is 18.3. The molecule has 2 fully saturated rings. The van der Waals surface area contributed by atoms with Crippen molar-refractivity contribution in [2.45, 2.75) is 101 Å². The van der Waals surface area contributed by atoms with E-state index < -0.39 is 29.8 Å². The van der Waals surface area contributed by atoms with Crippen LogP contribution < -0.4 is 5.32 Å². The number of nitrogens with one attached hydrogen (secondary N) is 1. The number of aryl methyl sites for hydroxylation is 1. The average Bonchev–Trinajstić information content (AvgIpc) is 3.33. The van der Waals surface area contributed by atoms with Crippen molar-refractivity contribution >= 4 is 44.0 Å². The molecule has 47 heavy (non-hydrogen) atoms. The van der Waals surface area contributed by atoms with Gasteiger partial charge in [-0.3, -0.25) is 28.9 Å². The molecular weight excluding hydrogens is 602 g/mol. The van der Waals surface area contributed by atoms with Gasteiger partial charge in [-0.05, 0) is 48.8 Å². The number of aliphatic hydroxyl groups excluding tert-OH is 2. The summed E-state index contributed by atoms with van der Waals surface area (Å²) in [7, 11) is 4.10. The van der Waals surface area contributed by atoms with E-state index in [4.69, 9.17) is 9.47 Å². The van der Waals surface area contributed by atoms with Gasteiger partial charge in [0.25, 0.3) is 11.8 Å². The molecule has 3 aliphatic rings. The van der Waals surface area contributed by atoms with E-state index in [0.29, 0.717) is 32.6 Å². The van der Waals surface area contributed by atoms with Gasteiger partial charge in [0, 0.05) is 56.9 Å². The van der Waals surface area contributed by atoms with Crippen molar-refractivity contribution in [3.05, 3.63) is 47.0 Å². The molecular formula is C34H46B2N2O9. The normalized spacial score (nSPS) is 22.5. The van der Waals surface area contributed by atoms with Crippen molar-refractivity contribution in [3.8, 4) is 0 Å². The maximum Gasteiger partial charge on any atom is 0.302 e. The molecule has 1 aromatic carbocycles. The van der Waals surface area contributed by atoms with Gasteiger partial charge in [-0.15, -0.1) is 0 Å². The van der Waals surface area contributed by atoms with Crippen LogP contribution in [0.1, 0.15) is 62.1 Å². The third-order valence-electron chi connectivity index (χ3n) is 9.18. The lowest BCUT2D eigenvalue weighted by Crippen LogP contribution is -2.46. The standard InChI is InChI=1S/C34H46B2N2O9/c1-22(39)47-21-26-18-23(7-8-25(26)19-27-20-28(40)34(45)32(36-27)33(44)24-5-2-6-24)4-3-12-35-13-16-46-17-14-37-29(41)11-15-38-30(42)9-10-31(38)43/h7-10,18,24,27-28,32,34,40,45H,2-6,11-17,19-21H2,1H3,(H,37,41)/t27?,28?,32?,34-/m0/s1. The number of esters is 1. The minimum absolute atomic E-state index is 0.0152. The lowest BCUT2D eigenvalue weighted by molar-refractivity contribution is -0.142. The van der Waals surface area contributed by atoms with Crippen molar-refractivity contribution in [3.63, 3.8) is 0 Å². The Labute approximate surface area is 278 Å². The second-order valence-electron chi connectivity index (χ2n) is 12.7. The van der Waals surface area contributed by atoms with E-state index in [0.717, 1.165) is 66.3 Å². The van der Waals surface area contributed by atoms with Gasteiger partial charge in [-0.2, -0.15) is 0 Å². The molecule has 4 rings (SSSR count). The van der Waals surface area contributed by atoms with Crippen molar-refractivity contribution in [1.29, 1.82) is 0 Å². The predicted molar refractivity (Wildman–Crippen MR) is 176 cm³/mol. The van der Waals surface area contributed by atoms with Crippen LogP contribution in [0.3, 0.4) is 0 Å². The van der Waals surface area contributed by atoms with Gasteiger partial charge >= 0.3 is 5.97 Å². The molecule has 3 amide bonds. The van der Waals surface area contributed by atoms with E-state index in [9.17, 15) is 34.2 Å². The highest BCUT2D eigenvalue weighted by Crippen LogP contribution is 2.39. The molecule has 0 aromatic heterocycles. The average molecular weight is 648 g/mol. The van der Waals surface area contributed by atoms with Crippen molar-refractivity contribution in [2.75, 3.05) is 26.3 Å². The third kappa shape index (κ3) is 11.1. The monoisotopic (exact) mass is 648 g/mol. The Bertz CT molecular complexity index is 1280. The van der Waals surface area contributed by atoms with Gasteiger partial charge < -0.3 is 25.0 Å². The first-order valence-corrected chi connectivity index (χ1v) is 16.8. The van der Waals surface area contributed by atoms with Gasteiger partial charge in [0.15, 0.2) is 0 Å². The maximum absolute atomic E-state index is 12.9. The number of carbonyl (C=O) groups is 5. The summed E-state index contributed by atoms with van der Waals surface area (Å²) in [6.07, 6.45) is 7.60. The Hall–Kier alpha value is -3.28. The van der Waals surface area contributed by atoms with Crippen molar-refractivity contribution in [1.82, 2.24) is 10.2 Å². The Kier molecular flexibility index (Phi) is 14.2. The molecule has 252 valence electrons. The number of Topliss-reactive ketones (excluding diaryl/α,β-unsaturated/α-hetero) is 1. The molecule has 2 heterocycles. The van der Waals surface area contributed by atoms with Crippen LogP contribution in [0.2, 0.25) is 24.3 Å². The maximum atomic E-state index is 12.9. The van der Waals surface area contributed by atoms with Crippen LogP contribution in [-0.4, -0.2) is 97.7 Å². The van der Waals surface area contributed by atoms with Crippen molar-refractivity contribution < 1.29 is 43.7 Å². The summed E-state index contributed by atoms with van der Waals surface area (Å²) in [4.78, 5) is 60.5. The third-order valence-corrected chi connectivity index (χ3v) is 9.18. The van der Waals surface area contributed by atoms with Crippen LogP contribution in [0, 0.1) is 5.92 Å². The van der Waals surface area contributed by atoms with Crippen LogP contribution in [-0.2, 0) is 52.9 Å². The van der Waals surface area contributed by atoms with E-state index in [1.54, 1.807) is 0 Å². The number of rotatable bonds is 19. The lowest BCUT2D eigenvalue weighted by Gasteiger charge is -2.38. The first-order valence-electron chi connectivity index (χ1n) is 16.8. The van der Waals surface area contributed by atoms with Gasteiger partial charge in [0.1, 0.15) is 26.9 Å². The number of carbonyl (C=O) groups excluding carboxylic acids is 5. The SMILES string of the molecule is CC(=O)OCc1cc(CCC[B]CCOCCNC(=O)CCN2C(=O)C=CC2=O)ccc1CC1[B]C(C(=O)C2CCC2)[C@@H](O)C(O)C1. The Morgan fingerprint density at radius 3 is 2.53 bits per heavy atom. The zero-order chi connectivity index (χ0) is 33.8. The molecule has 3 unspecified atom stereocenters.